The molecule has 1 unspecified atom stereocenters. The highest BCUT2D eigenvalue weighted by molar-refractivity contribution is 5.98. The van der Waals surface area contributed by atoms with E-state index in [9.17, 15) is 9.18 Å². The summed E-state index contributed by atoms with van der Waals surface area (Å²) in [7, 11) is 0. The number of halogens is 1. The van der Waals surface area contributed by atoms with Crippen LogP contribution < -0.4 is 10.1 Å². The first-order valence-corrected chi connectivity index (χ1v) is 12.2. The fourth-order valence-corrected chi connectivity index (χ4v) is 4.46. The highest BCUT2D eigenvalue weighted by Crippen LogP contribution is 2.29. The molecule has 1 amide bonds. The number of aromatic amines is 1. The largest absolute Gasteiger partial charge is 0.493 e. The van der Waals surface area contributed by atoms with Crippen LogP contribution in [0.3, 0.4) is 0 Å². The van der Waals surface area contributed by atoms with Gasteiger partial charge in [0.2, 0.25) is 0 Å². The molecule has 0 radical (unpaired) electrons. The molecule has 2 aromatic heterocycles. The SMILES string of the molecule is CCCOc1ccc(-c2cnc3ccccc3c2)cc1C(=O)NC(C)Cc1c[nH]c2ccc(F)cc12. The zero-order chi connectivity index (χ0) is 25.1. The molecule has 2 N–H and O–H groups in total. The van der Waals surface area contributed by atoms with E-state index in [4.69, 9.17) is 4.74 Å². The number of ether oxygens (including phenoxy) is 1. The third-order valence-electron chi connectivity index (χ3n) is 6.24. The Morgan fingerprint density at radius 2 is 1.94 bits per heavy atom. The smallest absolute Gasteiger partial charge is 0.255 e. The second-order valence-corrected chi connectivity index (χ2v) is 9.06. The lowest BCUT2D eigenvalue weighted by Crippen LogP contribution is -2.34. The number of para-hydroxylation sites is 1. The quantitative estimate of drug-likeness (QED) is 0.260. The maximum atomic E-state index is 13.8. The van der Waals surface area contributed by atoms with Crippen molar-refractivity contribution < 1.29 is 13.9 Å². The lowest BCUT2D eigenvalue weighted by molar-refractivity contribution is 0.0936. The highest BCUT2D eigenvalue weighted by Gasteiger charge is 2.18. The van der Waals surface area contributed by atoms with Crippen molar-refractivity contribution in [1.82, 2.24) is 15.3 Å². The Labute approximate surface area is 209 Å². The molecule has 0 spiro atoms. The molecule has 0 saturated carbocycles. The number of H-pyrrole nitrogens is 1. The zero-order valence-corrected chi connectivity index (χ0v) is 20.3. The van der Waals surface area contributed by atoms with Crippen LogP contribution in [-0.4, -0.2) is 28.5 Å². The van der Waals surface area contributed by atoms with E-state index in [-0.39, 0.29) is 17.8 Å². The summed E-state index contributed by atoms with van der Waals surface area (Å²) in [6.45, 7) is 4.49. The van der Waals surface area contributed by atoms with Crippen LogP contribution in [0.1, 0.15) is 36.2 Å². The minimum absolute atomic E-state index is 0.176. The Bertz CT molecular complexity index is 1540. The Morgan fingerprint density at radius 1 is 1.08 bits per heavy atom. The molecular formula is C30H28FN3O2. The number of hydrogen-bond donors (Lipinski definition) is 2. The van der Waals surface area contributed by atoms with Crippen LogP contribution in [0.2, 0.25) is 0 Å². The van der Waals surface area contributed by atoms with Gasteiger partial charge >= 0.3 is 0 Å². The summed E-state index contributed by atoms with van der Waals surface area (Å²) in [4.78, 5) is 21.1. The van der Waals surface area contributed by atoms with Gasteiger partial charge in [-0.3, -0.25) is 9.78 Å². The predicted molar refractivity (Wildman–Crippen MR) is 142 cm³/mol. The fourth-order valence-electron chi connectivity index (χ4n) is 4.46. The second-order valence-electron chi connectivity index (χ2n) is 9.06. The van der Waals surface area contributed by atoms with Crippen LogP contribution in [-0.2, 0) is 6.42 Å². The summed E-state index contributed by atoms with van der Waals surface area (Å²) in [5, 5.41) is 4.96. The van der Waals surface area contributed by atoms with E-state index in [1.807, 2.05) is 68.7 Å². The number of pyridine rings is 1. The fraction of sp³-hybridized carbons (Fsp3) is 0.200. The first-order valence-electron chi connectivity index (χ1n) is 12.2. The lowest BCUT2D eigenvalue weighted by Gasteiger charge is -2.17. The summed E-state index contributed by atoms with van der Waals surface area (Å²) < 4.78 is 19.7. The van der Waals surface area contributed by atoms with Gasteiger partial charge in [-0.15, -0.1) is 0 Å². The summed E-state index contributed by atoms with van der Waals surface area (Å²) in [5.74, 6) is 0.0567. The molecule has 36 heavy (non-hydrogen) atoms. The number of rotatable bonds is 8. The van der Waals surface area contributed by atoms with E-state index in [1.165, 1.54) is 12.1 Å². The summed E-state index contributed by atoms with van der Waals surface area (Å²) in [6, 6.07) is 20.2. The topological polar surface area (TPSA) is 67.0 Å². The third-order valence-corrected chi connectivity index (χ3v) is 6.24. The average molecular weight is 482 g/mol. The van der Waals surface area contributed by atoms with Crippen LogP contribution in [0.15, 0.2) is 79.1 Å². The molecule has 0 aliphatic carbocycles. The molecule has 0 aliphatic heterocycles. The molecule has 1 atom stereocenters. The number of carbonyl (C=O) groups is 1. The van der Waals surface area contributed by atoms with Gasteiger partial charge in [0.15, 0.2) is 0 Å². The number of fused-ring (bicyclic) bond motifs is 2. The van der Waals surface area contributed by atoms with Crippen LogP contribution in [0, 0.1) is 5.82 Å². The van der Waals surface area contributed by atoms with Gasteiger partial charge in [0.05, 0.1) is 17.7 Å². The van der Waals surface area contributed by atoms with Gasteiger partial charge in [-0.25, -0.2) is 4.39 Å². The van der Waals surface area contributed by atoms with Crippen molar-refractivity contribution in [3.8, 4) is 16.9 Å². The summed E-state index contributed by atoms with van der Waals surface area (Å²) >= 11 is 0. The van der Waals surface area contributed by atoms with Crippen molar-refractivity contribution >= 4 is 27.7 Å². The van der Waals surface area contributed by atoms with Gasteiger partial charge in [-0.1, -0.05) is 31.2 Å². The van der Waals surface area contributed by atoms with Crippen molar-refractivity contribution in [3.63, 3.8) is 0 Å². The maximum Gasteiger partial charge on any atom is 0.255 e. The van der Waals surface area contributed by atoms with Crippen LogP contribution >= 0.6 is 0 Å². The highest BCUT2D eigenvalue weighted by atomic mass is 19.1. The molecule has 5 aromatic rings. The predicted octanol–water partition coefficient (Wildman–Crippen LogP) is 6.67. The van der Waals surface area contributed by atoms with Gasteiger partial charge in [0.25, 0.3) is 5.91 Å². The molecule has 5 rings (SSSR count). The molecule has 6 heteroatoms. The number of amides is 1. The minimum Gasteiger partial charge on any atom is -0.493 e. The number of nitrogens with zero attached hydrogens (tertiary/aromatic N) is 1. The molecule has 5 nitrogen and oxygen atoms in total. The minimum atomic E-state index is -0.280. The Balaban J connectivity index is 1.41. The number of nitrogens with one attached hydrogen (secondary N) is 2. The van der Waals surface area contributed by atoms with Gasteiger partial charge in [-0.05, 0) is 73.4 Å². The Hall–Kier alpha value is -4.19. The molecule has 2 heterocycles. The first-order chi connectivity index (χ1) is 17.5. The average Bonchev–Trinajstić information content (AvgIpc) is 3.28. The molecular weight excluding hydrogens is 453 g/mol. The molecule has 0 fully saturated rings. The van der Waals surface area contributed by atoms with Crippen molar-refractivity contribution in [2.75, 3.05) is 6.61 Å². The zero-order valence-electron chi connectivity index (χ0n) is 20.3. The summed E-state index contributed by atoms with van der Waals surface area (Å²) in [6.07, 6.45) is 5.10. The number of benzene rings is 3. The number of carbonyl (C=O) groups excluding carboxylic acids is 1. The molecule has 182 valence electrons. The monoisotopic (exact) mass is 481 g/mol. The molecule has 3 aromatic carbocycles. The van der Waals surface area contributed by atoms with Gasteiger partial charge in [0, 0.05) is 40.3 Å². The van der Waals surface area contributed by atoms with Crippen molar-refractivity contribution in [2.45, 2.75) is 32.7 Å². The Morgan fingerprint density at radius 3 is 2.81 bits per heavy atom. The van der Waals surface area contributed by atoms with Crippen LogP contribution in [0.4, 0.5) is 4.39 Å². The van der Waals surface area contributed by atoms with Gasteiger partial charge in [0.1, 0.15) is 11.6 Å². The molecule has 0 aliphatic rings. The molecule has 0 bridgehead atoms. The maximum absolute atomic E-state index is 13.8. The van der Waals surface area contributed by atoms with Crippen LogP contribution in [0.5, 0.6) is 5.75 Å². The third kappa shape index (κ3) is 4.93. The van der Waals surface area contributed by atoms with Gasteiger partial charge < -0.3 is 15.0 Å². The van der Waals surface area contributed by atoms with E-state index >= 15 is 0 Å². The van der Waals surface area contributed by atoms with Crippen molar-refractivity contribution in [1.29, 1.82) is 0 Å². The van der Waals surface area contributed by atoms with Gasteiger partial charge in [-0.2, -0.15) is 0 Å². The summed E-state index contributed by atoms with van der Waals surface area (Å²) in [5.41, 5.74) is 5.05. The number of hydrogen-bond acceptors (Lipinski definition) is 3. The second kappa shape index (κ2) is 10.2. The van der Waals surface area contributed by atoms with Crippen molar-refractivity contribution in [3.05, 3.63) is 96.1 Å². The standard InChI is InChI=1S/C30H28FN3O2/c1-3-12-36-29-11-8-20(22-14-21-6-4-5-7-27(21)32-17-22)15-26(29)30(35)34-19(2)13-23-18-33-28-10-9-24(31)16-25(23)28/h4-11,14-19,33H,3,12-13H2,1-2H3,(H,34,35). The van der Waals surface area contributed by atoms with E-state index in [0.717, 1.165) is 44.9 Å². The van der Waals surface area contributed by atoms with Crippen LogP contribution in [0.25, 0.3) is 32.9 Å². The Kier molecular flexibility index (Phi) is 6.67. The van der Waals surface area contributed by atoms with E-state index in [0.29, 0.717) is 24.3 Å². The van der Waals surface area contributed by atoms with Crippen molar-refractivity contribution in [2.24, 2.45) is 0 Å². The first kappa shape index (κ1) is 23.5. The van der Waals surface area contributed by atoms with E-state index < -0.39 is 0 Å². The lowest BCUT2D eigenvalue weighted by atomic mass is 10.0. The van der Waals surface area contributed by atoms with E-state index in [1.54, 1.807) is 6.07 Å². The van der Waals surface area contributed by atoms with E-state index in [2.05, 4.69) is 21.4 Å². The molecule has 0 saturated heterocycles. The number of aromatic nitrogens is 2. The normalized spacial score (nSPS) is 12.1.